The minimum Gasteiger partial charge on any atom is -0.342 e. The van der Waals surface area contributed by atoms with Crippen LogP contribution in [0.1, 0.15) is 72.6 Å². The molecule has 8 rings (SSSR count). The Bertz CT molecular complexity index is 2540. The second kappa shape index (κ2) is 13.9. The highest BCUT2D eigenvalue weighted by Crippen LogP contribution is 2.38. The summed E-state index contributed by atoms with van der Waals surface area (Å²) in [6, 6.07) is 15.7. The molecule has 13 nitrogen and oxygen atoms in total. The molecule has 4 N–H and O–H groups in total. The van der Waals surface area contributed by atoms with Crippen LogP contribution < -0.4 is 21.3 Å². The maximum atomic E-state index is 14.5. The predicted octanol–water partition coefficient (Wildman–Crippen LogP) is 3.90. The monoisotopic (exact) mass is 763 g/mol. The Morgan fingerprint density at radius 2 is 1.83 bits per heavy atom. The van der Waals surface area contributed by atoms with Crippen LogP contribution in [0.2, 0.25) is 5.02 Å². The molecule has 16 heteroatoms. The molecule has 1 saturated heterocycles. The van der Waals surface area contributed by atoms with Gasteiger partial charge in [0.05, 0.1) is 28.7 Å². The molecule has 270 valence electrons. The molecule has 5 aromatic rings. The number of carbonyl (C=O) groups excluding carboxylic acids is 6. The van der Waals surface area contributed by atoms with Gasteiger partial charge in [0.25, 0.3) is 17.7 Å². The molecule has 5 heterocycles. The maximum Gasteiger partial charge on any atom is 0.276 e. The summed E-state index contributed by atoms with van der Waals surface area (Å²) in [5, 5.41) is 11.5. The van der Waals surface area contributed by atoms with Crippen LogP contribution in [-0.2, 0) is 27.5 Å². The molecule has 2 unspecified atom stereocenters. The molecule has 3 aliphatic rings. The highest BCUT2D eigenvalue weighted by Gasteiger charge is 2.39. The predicted molar refractivity (Wildman–Crippen MR) is 195 cm³/mol. The molecular formula is C38H27ClFN7O6S. The van der Waals surface area contributed by atoms with Crippen LogP contribution in [0.15, 0.2) is 66.7 Å². The third-order valence-corrected chi connectivity index (χ3v) is 10.6. The van der Waals surface area contributed by atoms with E-state index in [1.807, 2.05) is 12.1 Å². The minimum absolute atomic E-state index is 0.0437. The Labute approximate surface area is 315 Å². The van der Waals surface area contributed by atoms with Crippen LogP contribution in [0, 0.1) is 17.7 Å². The summed E-state index contributed by atoms with van der Waals surface area (Å²) >= 11 is 7.64. The second-order valence-corrected chi connectivity index (χ2v) is 14.0. The molecule has 0 aliphatic carbocycles. The minimum atomic E-state index is -1.02. The zero-order valence-electron chi connectivity index (χ0n) is 28.0. The Balaban J connectivity index is 1.04. The summed E-state index contributed by atoms with van der Waals surface area (Å²) in [6.07, 6.45) is 0.405. The van der Waals surface area contributed by atoms with Gasteiger partial charge in [-0.2, -0.15) is 4.37 Å². The van der Waals surface area contributed by atoms with Crippen molar-refractivity contribution in [1.82, 2.24) is 29.8 Å². The van der Waals surface area contributed by atoms with E-state index in [1.165, 1.54) is 33.7 Å². The van der Waals surface area contributed by atoms with Gasteiger partial charge >= 0.3 is 0 Å². The quantitative estimate of drug-likeness (QED) is 0.150. The van der Waals surface area contributed by atoms with Gasteiger partial charge in [0.1, 0.15) is 29.8 Å². The lowest BCUT2D eigenvalue weighted by Crippen LogP contribution is -2.52. The number of nitrogens with one attached hydrogen (secondary N) is 4. The number of nitrogens with zero attached hydrogens (tertiary/aromatic N) is 3. The van der Waals surface area contributed by atoms with E-state index in [0.29, 0.717) is 27.8 Å². The second-order valence-electron chi connectivity index (χ2n) is 12.8. The Kier molecular flexibility index (Phi) is 8.92. The first-order valence-electron chi connectivity index (χ1n) is 16.7. The summed E-state index contributed by atoms with van der Waals surface area (Å²) < 4.78 is 21.1. The number of halogens is 2. The number of amides is 6. The lowest BCUT2D eigenvalue weighted by Gasteiger charge is -2.29. The summed E-state index contributed by atoms with van der Waals surface area (Å²) in [7, 11) is 0. The Morgan fingerprint density at radius 3 is 2.67 bits per heavy atom. The molecule has 54 heavy (non-hydrogen) atoms. The molecule has 3 aliphatic heterocycles. The number of rotatable bonds is 6. The first-order chi connectivity index (χ1) is 26.0. The van der Waals surface area contributed by atoms with Crippen LogP contribution in [0.3, 0.4) is 0 Å². The summed E-state index contributed by atoms with van der Waals surface area (Å²) in [5.41, 5.74) is 2.66. The van der Waals surface area contributed by atoms with Crippen molar-refractivity contribution in [3.63, 3.8) is 0 Å². The van der Waals surface area contributed by atoms with Gasteiger partial charge in [-0.1, -0.05) is 41.6 Å². The van der Waals surface area contributed by atoms with Crippen LogP contribution in [0.5, 0.6) is 0 Å². The van der Waals surface area contributed by atoms with Crippen molar-refractivity contribution in [1.29, 1.82) is 0 Å². The van der Waals surface area contributed by atoms with Crippen LogP contribution in [-0.4, -0.2) is 61.9 Å². The molecule has 0 radical (unpaired) electrons. The van der Waals surface area contributed by atoms with E-state index >= 15 is 0 Å². The van der Waals surface area contributed by atoms with Crippen molar-refractivity contribution < 1.29 is 33.2 Å². The van der Waals surface area contributed by atoms with Gasteiger partial charge in [0, 0.05) is 40.1 Å². The fourth-order valence-electron chi connectivity index (χ4n) is 6.96. The number of piperidine rings is 1. The average Bonchev–Trinajstić information content (AvgIpc) is 3.84. The summed E-state index contributed by atoms with van der Waals surface area (Å²) in [6.45, 7) is -0.180. The van der Waals surface area contributed by atoms with Gasteiger partial charge in [-0.25, -0.2) is 4.39 Å². The molecule has 2 atom stereocenters. The fraction of sp³-hybridized carbons (Fsp3) is 0.184. The lowest BCUT2D eigenvalue weighted by atomic mass is 10.0. The molecule has 2 aromatic heterocycles. The number of hydrogen-bond acceptors (Lipinski definition) is 8. The number of benzene rings is 3. The fourth-order valence-corrected chi connectivity index (χ4v) is 7.96. The first-order valence-corrected chi connectivity index (χ1v) is 17.9. The number of aromatic nitrogens is 2. The Hall–Kier alpha value is -6.37. The molecule has 0 spiro atoms. The van der Waals surface area contributed by atoms with Crippen LogP contribution in [0.25, 0.3) is 10.1 Å². The number of fused-ring (bicyclic) bond motifs is 3. The van der Waals surface area contributed by atoms with Crippen molar-refractivity contribution >= 4 is 74.4 Å². The van der Waals surface area contributed by atoms with Crippen molar-refractivity contribution in [2.75, 3.05) is 11.9 Å². The molecule has 3 aromatic carbocycles. The van der Waals surface area contributed by atoms with Crippen molar-refractivity contribution in [3.8, 4) is 11.8 Å². The van der Waals surface area contributed by atoms with Crippen molar-refractivity contribution in [2.24, 2.45) is 0 Å². The lowest BCUT2D eigenvalue weighted by molar-refractivity contribution is -0.137. The summed E-state index contributed by atoms with van der Waals surface area (Å²) in [4.78, 5) is 78.8. The zero-order valence-corrected chi connectivity index (χ0v) is 29.6. The third-order valence-electron chi connectivity index (χ3n) is 9.46. The standard InChI is InChI=1S/C38H27ClFN7O6S/c39-25-10-8-21(40)15-24(25)32-34-26(42-37(52)33-23-5-1-2-6-29(23)54-45-33)16-28(46(34)18-31(49)43-32)35(50)41-13-3-4-19-7-9-22-20(14-19)17-47(38(22)53)27-11-12-30(48)44-36(27)51/h1-2,5-10,14-16,27,32H,11-13,17-18H2,(H,41,50)(H,42,52)(H,43,49)(H,44,48,51). The molecular weight excluding hydrogens is 737 g/mol. The van der Waals surface area contributed by atoms with Gasteiger partial charge in [-0.05, 0) is 72.0 Å². The number of hydrogen-bond donors (Lipinski definition) is 4. The molecule has 0 bridgehead atoms. The van der Waals surface area contributed by atoms with Crippen LogP contribution in [0.4, 0.5) is 10.1 Å². The zero-order chi connectivity index (χ0) is 37.7. The third kappa shape index (κ3) is 6.35. The van der Waals surface area contributed by atoms with E-state index in [1.54, 1.807) is 30.3 Å². The topological polar surface area (TPSA) is 172 Å². The molecule has 1 fully saturated rings. The van der Waals surface area contributed by atoms with Gasteiger partial charge in [0.2, 0.25) is 17.7 Å². The maximum absolute atomic E-state index is 14.5. The SMILES string of the molecule is O=C1CCC(N2Cc3cc(C#CCNC(=O)c4cc(NC(=O)c5nsc6ccccc56)c5n4CC(=O)NC5c4cc(F)ccc4Cl)ccc3C2=O)C(=O)N1. The smallest absolute Gasteiger partial charge is 0.276 e. The van der Waals surface area contributed by atoms with E-state index in [-0.39, 0.29) is 72.0 Å². The van der Waals surface area contributed by atoms with Gasteiger partial charge in [-0.15, -0.1) is 0 Å². The van der Waals surface area contributed by atoms with E-state index in [9.17, 15) is 33.2 Å². The number of anilines is 1. The highest BCUT2D eigenvalue weighted by molar-refractivity contribution is 7.13. The molecule has 6 amide bonds. The first kappa shape index (κ1) is 34.7. The molecule has 0 saturated carbocycles. The Morgan fingerprint density at radius 1 is 1.00 bits per heavy atom. The highest BCUT2D eigenvalue weighted by atomic mass is 35.5. The van der Waals surface area contributed by atoms with Crippen molar-refractivity contribution in [3.05, 3.63) is 117 Å². The largest absolute Gasteiger partial charge is 0.342 e. The average molecular weight is 764 g/mol. The number of carbonyl (C=O) groups is 6. The van der Waals surface area contributed by atoms with Crippen LogP contribution >= 0.6 is 23.1 Å². The van der Waals surface area contributed by atoms with Gasteiger partial charge in [-0.3, -0.25) is 34.1 Å². The van der Waals surface area contributed by atoms with E-state index in [4.69, 9.17) is 11.6 Å². The van der Waals surface area contributed by atoms with E-state index in [2.05, 4.69) is 37.5 Å². The number of imide groups is 1. The van der Waals surface area contributed by atoms with Crippen molar-refractivity contribution in [2.45, 2.75) is 38.0 Å². The normalized spacial score (nSPS) is 17.6. The van der Waals surface area contributed by atoms with E-state index < -0.39 is 41.5 Å². The van der Waals surface area contributed by atoms with Gasteiger partial charge in [0.15, 0.2) is 0 Å². The van der Waals surface area contributed by atoms with Gasteiger partial charge < -0.3 is 25.4 Å². The van der Waals surface area contributed by atoms with E-state index in [0.717, 1.165) is 16.2 Å². The summed E-state index contributed by atoms with van der Waals surface area (Å²) in [5.74, 6) is 2.51.